The average molecular weight is 793 g/mol. The van der Waals surface area contributed by atoms with Gasteiger partial charge in [0.1, 0.15) is 11.2 Å². The second-order valence-corrected chi connectivity index (χ2v) is 15.6. The Morgan fingerprint density at radius 3 is 1.40 bits per heavy atom. The summed E-state index contributed by atoms with van der Waals surface area (Å²) in [5.74, 6) is 1.82. The fourth-order valence-corrected chi connectivity index (χ4v) is 8.75. The van der Waals surface area contributed by atoms with E-state index in [1.165, 1.54) is 32.9 Å². The van der Waals surface area contributed by atoms with Crippen molar-refractivity contribution in [2.45, 2.75) is 0 Å². The van der Waals surface area contributed by atoms with E-state index in [2.05, 4.69) is 187 Å². The van der Waals surface area contributed by atoms with Crippen LogP contribution in [0, 0.1) is 0 Å². The predicted octanol–water partition coefficient (Wildman–Crippen LogP) is 14.9. The van der Waals surface area contributed by atoms with Crippen LogP contribution in [0.5, 0.6) is 0 Å². The molecule has 0 amide bonds. The van der Waals surface area contributed by atoms with Crippen molar-refractivity contribution in [2.24, 2.45) is 0 Å². The van der Waals surface area contributed by atoms with E-state index in [-0.39, 0.29) is 0 Å². The highest BCUT2D eigenvalue weighted by Gasteiger charge is 2.18. The third kappa shape index (κ3) is 6.23. The van der Waals surface area contributed by atoms with Gasteiger partial charge in [0.05, 0.1) is 11.0 Å². The lowest BCUT2D eigenvalue weighted by Crippen LogP contribution is -2.00. The van der Waals surface area contributed by atoms with Gasteiger partial charge in [-0.15, -0.1) is 0 Å². The fraction of sp³-hybridized carbons (Fsp3) is 0. The first-order valence-electron chi connectivity index (χ1n) is 20.8. The lowest BCUT2D eigenvalue weighted by molar-refractivity contribution is 0.669. The van der Waals surface area contributed by atoms with Crippen LogP contribution >= 0.6 is 0 Å². The maximum atomic E-state index is 6.54. The number of nitrogens with zero attached hydrogens (tertiary/aromatic N) is 4. The van der Waals surface area contributed by atoms with Crippen LogP contribution in [0.4, 0.5) is 0 Å². The molecule has 0 radical (unpaired) electrons. The van der Waals surface area contributed by atoms with Gasteiger partial charge >= 0.3 is 0 Å². The molecule has 3 heterocycles. The van der Waals surface area contributed by atoms with E-state index in [1.54, 1.807) is 0 Å². The van der Waals surface area contributed by atoms with E-state index in [0.29, 0.717) is 17.5 Å². The highest BCUT2D eigenvalue weighted by atomic mass is 16.3. The van der Waals surface area contributed by atoms with Gasteiger partial charge in [-0.2, -0.15) is 0 Å². The molecule has 12 aromatic rings. The SMILES string of the molecule is c1ccc(-c2ccc(-c3nc(-c4ccccc4)nc(-c4ccc5c(c4)oc4ccc(-c6ccc7c(c6)c6ccc(-c8ccccc8)cc6n7-c6ccccc6)cc45)n3)cc2)cc1. The zero-order valence-corrected chi connectivity index (χ0v) is 33.5. The van der Waals surface area contributed by atoms with Crippen molar-refractivity contribution in [1.82, 2.24) is 19.5 Å². The highest BCUT2D eigenvalue weighted by Crippen LogP contribution is 2.39. The van der Waals surface area contributed by atoms with Crippen LogP contribution in [0.2, 0.25) is 0 Å². The third-order valence-electron chi connectivity index (χ3n) is 11.9. The Labute approximate surface area is 357 Å². The molecule has 5 nitrogen and oxygen atoms in total. The molecular formula is C57H36N4O. The van der Waals surface area contributed by atoms with Gasteiger partial charge in [0, 0.05) is 43.9 Å². The minimum Gasteiger partial charge on any atom is -0.456 e. The summed E-state index contributed by atoms with van der Waals surface area (Å²) in [6.45, 7) is 0. The van der Waals surface area contributed by atoms with Gasteiger partial charge in [0.25, 0.3) is 0 Å². The van der Waals surface area contributed by atoms with Crippen molar-refractivity contribution in [1.29, 1.82) is 0 Å². The molecule has 0 aliphatic rings. The minimum atomic E-state index is 0.586. The van der Waals surface area contributed by atoms with E-state index in [4.69, 9.17) is 19.4 Å². The van der Waals surface area contributed by atoms with Crippen LogP contribution < -0.4 is 0 Å². The smallest absolute Gasteiger partial charge is 0.164 e. The Bertz CT molecular complexity index is 3600. The van der Waals surface area contributed by atoms with E-state index in [1.807, 2.05) is 36.4 Å². The molecule has 0 saturated carbocycles. The number of fused-ring (bicyclic) bond motifs is 6. The molecule has 12 rings (SSSR count). The van der Waals surface area contributed by atoms with Crippen LogP contribution in [-0.4, -0.2) is 19.5 Å². The number of rotatable bonds is 7. The molecule has 290 valence electrons. The minimum absolute atomic E-state index is 0.586. The molecule has 0 aliphatic heterocycles. The summed E-state index contributed by atoms with van der Waals surface area (Å²) in [5, 5.41) is 4.52. The number of hydrogen-bond donors (Lipinski definition) is 0. The van der Waals surface area contributed by atoms with Crippen molar-refractivity contribution in [3.63, 3.8) is 0 Å². The van der Waals surface area contributed by atoms with Gasteiger partial charge in [0.15, 0.2) is 17.5 Å². The first kappa shape index (κ1) is 35.5. The predicted molar refractivity (Wildman–Crippen MR) is 254 cm³/mol. The zero-order chi connectivity index (χ0) is 41.0. The van der Waals surface area contributed by atoms with Crippen molar-refractivity contribution >= 4 is 43.7 Å². The molecule has 0 atom stereocenters. The van der Waals surface area contributed by atoms with E-state index < -0.39 is 0 Å². The molecule has 5 heteroatoms. The maximum absolute atomic E-state index is 6.54. The van der Waals surface area contributed by atoms with Gasteiger partial charge in [-0.3, -0.25) is 0 Å². The van der Waals surface area contributed by atoms with Crippen LogP contribution in [0.1, 0.15) is 0 Å². The maximum Gasteiger partial charge on any atom is 0.164 e. The summed E-state index contributed by atoms with van der Waals surface area (Å²) < 4.78 is 8.92. The third-order valence-corrected chi connectivity index (χ3v) is 11.9. The van der Waals surface area contributed by atoms with E-state index >= 15 is 0 Å². The van der Waals surface area contributed by atoms with Crippen molar-refractivity contribution < 1.29 is 4.42 Å². The molecule has 0 bridgehead atoms. The Hall–Kier alpha value is -8.41. The van der Waals surface area contributed by atoms with Crippen LogP contribution in [-0.2, 0) is 0 Å². The summed E-state index contributed by atoms with van der Waals surface area (Å²) in [6, 6.07) is 76.5. The summed E-state index contributed by atoms with van der Waals surface area (Å²) in [5.41, 5.74) is 14.8. The number of furan rings is 1. The van der Waals surface area contributed by atoms with Gasteiger partial charge in [-0.25, -0.2) is 15.0 Å². The zero-order valence-electron chi connectivity index (χ0n) is 33.5. The molecule has 0 fully saturated rings. The normalized spacial score (nSPS) is 11.5. The quantitative estimate of drug-likeness (QED) is 0.161. The molecule has 3 aromatic heterocycles. The number of para-hydroxylation sites is 1. The number of benzene rings is 9. The second-order valence-electron chi connectivity index (χ2n) is 15.6. The van der Waals surface area contributed by atoms with E-state index in [0.717, 1.165) is 66.6 Å². The topological polar surface area (TPSA) is 56.7 Å². The van der Waals surface area contributed by atoms with Gasteiger partial charge in [-0.1, -0.05) is 164 Å². The first-order valence-corrected chi connectivity index (χ1v) is 20.8. The molecule has 0 unspecified atom stereocenters. The summed E-state index contributed by atoms with van der Waals surface area (Å²) in [4.78, 5) is 15.0. The average Bonchev–Trinajstić information content (AvgIpc) is 3.89. The lowest BCUT2D eigenvalue weighted by Gasteiger charge is -2.09. The molecule has 0 saturated heterocycles. The first-order chi connectivity index (χ1) is 30.7. The Kier molecular flexibility index (Phi) is 8.42. The Morgan fingerprint density at radius 2 is 0.726 bits per heavy atom. The van der Waals surface area contributed by atoms with E-state index in [9.17, 15) is 0 Å². The second kappa shape index (κ2) is 14.7. The standard InChI is InChI=1S/C57H36N4O/c1-5-13-37(14-6-1)39-21-23-41(24-22-39)56-58-55(40-17-9-3-10-18-40)59-57(60-56)45-26-30-48-50-34-43(28-32-53(50)62-54(48)36-45)42-27-31-51-49(33-42)47-29-25-44(38-15-7-2-8-16-38)35-52(47)61(51)46-19-11-4-12-20-46/h1-36H. The van der Waals surface area contributed by atoms with Gasteiger partial charge in [-0.05, 0) is 88.0 Å². The molecule has 0 N–H and O–H groups in total. The van der Waals surface area contributed by atoms with Crippen molar-refractivity contribution in [3.05, 3.63) is 218 Å². The summed E-state index contributed by atoms with van der Waals surface area (Å²) in [7, 11) is 0. The Morgan fingerprint density at radius 1 is 0.274 bits per heavy atom. The molecule has 0 spiro atoms. The molecular weight excluding hydrogens is 757 g/mol. The summed E-state index contributed by atoms with van der Waals surface area (Å²) >= 11 is 0. The van der Waals surface area contributed by atoms with Crippen molar-refractivity contribution in [2.75, 3.05) is 0 Å². The fourth-order valence-electron chi connectivity index (χ4n) is 8.75. The largest absolute Gasteiger partial charge is 0.456 e. The van der Waals surface area contributed by atoms with Crippen LogP contribution in [0.15, 0.2) is 223 Å². The van der Waals surface area contributed by atoms with Crippen molar-refractivity contribution in [3.8, 4) is 73.2 Å². The number of aromatic nitrogens is 4. The monoisotopic (exact) mass is 792 g/mol. The highest BCUT2D eigenvalue weighted by molar-refractivity contribution is 6.12. The molecule has 62 heavy (non-hydrogen) atoms. The Balaban J connectivity index is 0.936. The van der Waals surface area contributed by atoms with Crippen LogP contribution in [0.3, 0.4) is 0 Å². The van der Waals surface area contributed by atoms with Crippen LogP contribution in [0.25, 0.3) is 117 Å². The van der Waals surface area contributed by atoms with Gasteiger partial charge < -0.3 is 8.98 Å². The lowest BCUT2D eigenvalue weighted by atomic mass is 9.99. The number of hydrogen-bond acceptors (Lipinski definition) is 4. The summed E-state index contributed by atoms with van der Waals surface area (Å²) in [6.07, 6.45) is 0. The molecule has 0 aliphatic carbocycles. The molecule has 9 aromatic carbocycles. The van der Waals surface area contributed by atoms with Gasteiger partial charge in [0.2, 0.25) is 0 Å².